The van der Waals surface area contributed by atoms with Crippen molar-refractivity contribution in [1.29, 1.82) is 0 Å². The van der Waals surface area contributed by atoms with Gasteiger partial charge in [0, 0.05) is 18.5 Å². The van der Waals surface area contributed by atoms with E-state index in [2.05, 4.69) is 24.3 Å². The molecule has 0 amide bonds. The lowest BCUT2D eigenvalue weighted by Gasteiger charge is -2.32. The summed E-state index contributed by atoms with van der Waals surface area (Å²) in [6.07, 6.45) is 5.85. The first-order chi connectivity index (χ1) is 7.13. The highest BCUT2D eigenvalue weighted by molar-refractivity contribution is 5.80. The van der Waals surface area contributed by atoms with Crippen molar-refractivity contribution in [2.75, 3.05) is 0 Å². The van der Waals surface area contributed by atoms with Crippen molar-refractivity contribution in [3.8, 4) is 0 Å². The zero-order valence-corrected chi connectivity index (χ0v) is 9.74. The number of nitrogens with two attached hydrogens (primary N) is 1. The van der Waals surface area contributed by atoms with Crippen molar-refractivity contribution < 1.29 is 5.21 Å². The molecular formula is C11H23N3O. The van der Waals surface area contributed by atoms with Crippen LogP contribution in [0.5, 0.6) is 0 Å². The average molecular weight is 213 g/mol. The lowest BCUT2D eigenvalue weighted by Crippen LogP contribution is -2.43. The molecule has 0 aromatic heterocycles. The first kappa shape index (κ1) is 12.3. The Balaban J connectivity index is 2.32. The highest BCUT2D eigenvalue weighted by Crippen LogP contribution is 2.24. The summed E-state index contributed by atoms with van der Waals surface area (Å²) in [5.74, 6) is 1.05. The van der Waals surface area contributed by atoms with E-state index in [1.54, 1.807) is 0 Å². The van der Waals surface area contributed by atoms with E-state index >= 15 is 0 Å². The van der Waals surface area contributed by atoms with Gasteiger partial charge in [0.25, 0.3) is 0 Å². The van der Waals surface area contributed by atoms with E-state index in [0.29, 0.717) is 18.3 Å². The molecular weight excluding hydrogens is 190 g/mol. The lowest BCUT2D eigenvalue weighted by atomic mass is 9.85. The number of rotatable bonds is 4. The van der Waals surface area contributed by atoms with Crippen LogP contribution in [0.4, 0.5) is 0 Å². The normalized spacial score (nSPS) is 30.1. The third-order valence-electron chi connectivity index (χ3n) is 3.25. The van der Waals surface area contributed by atoms with Gasteiger partial charge in [-0.1, -0.05) is 24.9 Å². The van der Waals surface area contributed by atoms with Crippen LogP contribution in [0.2, 0.25) is 0 Å². The summed E-state index contributed by atoms with van der Waals surface area (Å²) in [5.41, 5.74) is 5.47. The summed E-state index contributed by atoms with van der Waals surface area (Å²) in [5, 5.41) is 15.0. The van der Waals surface area contributed by atoms with E-state index in [4.69, 9.17) is 10.9 Å². The predicted octanol–water partition coefficient (Wildman–Crippen LogP) is 1.68. The molecule has 3 unspecified atom stereocenters. The molecule has 0 heterocycles. The standard InChI is InChI=1S/C11H23N3O/c1-8-5-3-4-6-10(8)13-9(2)7-11(12)14-15/h8-10,13,15H,3-7H2,1-2H3,(H2,12,14). The molecule has 1 rings (SSSR count). The van der Waals surface area contributed by atoms with Gasteiger partial charge in [-0.2, -0.15) is 0 Å². The molecule has 1 saturated carbocycles. The van der Waals surface area contributed by atoms with Crippen molar-refractivity contribution in [2.24, 2.45) is 16.8 Å². The molecule has 0 aliphatic heterocycles. The third-order valence-corrected chi connectivity index (χ3v) is 3.25. The van der Waals surface area contributed by atoms with Crippen LogP contribution in [-0.2, 0) is 0 Å². The minimum absolute atomic E-state index is 0.284. The number of nitrogens with one attached hydrogen (secondary N) is 1. The first-order valence-electron chi connectivity index (χ1n) is 5.86. The zero-order valence-electron chi connectivity index (χ0n) is 9.74. The Bertz CT molecular complexity index is 218. The fourth-order valence-electron chi connectivity index (χ4n) is 2.34. The van der Waals surface area contributed by atoms with Gasteiger partial charge in [-0.3, -0.25) is 0 Å². The van der Waals surface area contributed by atoms with Crippen LogP contribution in [-0.4, -0.2) is 23.1 Å². The number of nitrogens with zero attached hydrogens (tertiary/aromatic N) is 1. The fourth-order valence-corrected chi connectivity index (χ4v) is 2.34. The Kier molecular flexibility index (Phi) is 4.88. The molecule has 4 N–H and O–H groups in total. The van der Waals surface area contributed by atoms with Crippen LogP contribution < -0.4 is 11.1 Å². The minimum Gasteiger partial charge on any atom is -0.409 e. The molecule has 0 spiro atoms. The largest absolute Gasteiger partial charge is 0.409 e. The SMILES string of the molecule is CC(CC(N)=NO)NC1CCCCC1C. The molecule has 0 aromatic rings. The maximum atomic E-state index is 8.48. The van der Waals surface area contributed by atoms with Crippen LogP contribution in [0.3, 0.4) is 0 Å². The Labute approximate surface area is 91.9 Å². The van der Waals surface area contributed by atoms with Gasteiger partial charge in [-0.05, 0) is 25.7 Å². The Hall–Kier alpha value is -0.770. The molecule has 4 heteroatoms. The second-order valence-corrected chi connectivity index (χ2v) is 4.73. The molecule has 88 valence electrons. The highest BCUT2D eigenvalue weighted by Gasteiger charge is 2.22. The third kappa shape index (κ3) is 4.08. The Morgan fingerprint density at radius 1 is 1.53 bits per heavy atom. The van der Waals surface area contributed by atoms with E-state index in [1.165, 1.54) is 25.7 Å². The van der Waals surface area contributed by atoms with E-state index in [-0.39, 0.29) is 6.04 Å². The summed E-state index contributed by atoms with van der Waals surface area (Å²) < 4.78 is 0. The maximum absolute atomic E-state index is 8.48. The second kappa shape index (κ2) is 5.95. The molecule has 1 fully saturated rings. The van der Waals surface area contributed by atoms with Gasteiger partial charge in [0.15, 0.2) is 0 Å². The Morgan fingerprint density at radius 2 is 2.20 bits per heavy atom. The molecule has 0 radical (unpaired) electrons. The van der Waals surface area contributed by atoms with Crippen LogP contribution >= 0.6 is 0 Å². The van der Waals surface area contributed by atoms with E-state index in [0.717, 1.165) is 5.92 Å². The van der Waals surface area contributed by atoms with Crippen molar-refractivity contribution >= 4 is 5.84 Å². The molecule has 1 aliphatic carbocycles. The summed E-state index contributed by atoms with van der Waals surface area (Å²) in [6.45, 7) is 4.38. The van der Waals surface area contributed by atoms with Crippen molar-refractivity contribution in [1.82, 2.24) is 5.32 Å². The van der Waals surface area contributed by atoms with Gasteiger partial charge >= 0.3 is 0 Å². The van der Waals surface area contributed by atoms with Gasteiger partial charge in [-0.15, -0.1) is 0 Å². The highest BCUT2D eigenvalue weighted by atomic mass is 16.4. The van der Waals surface area contributed by atoms with Gasteiger partial charge in [0.05, 0.1) is 0 Å². The van der Waals surface area contributed by atoms with E-state index in [9.17, 15) is 0 Å². The smallest absolute Gasteiger partial charge is 0.140 e. The molecule has 3 atom stereocenters. The van der Waals surface area contributed by atoms with Crippen LogP contribution in [0, 0.1) is 5.92 Å². The Morgan fingerprint density at radius 3 is 2.80 bits per heavy atom. The monoisotopic (exact) mass is 213 g/mol. The van der Waals surface area contributed by atoms with Gasteiger partial charge in [0.2, 0.25) is 0 Å². The van der Waals surface area contributed by atoms with Gasteiger partial charge in [0.1, 0.15) is 5.84 Å². The molecule has 0 aromatic carbocycles. The summed E-state index contributed by atoms with van der Waals surface area (Å²) >= 11 is 0. The van der Waals surface area contributed by atoms with Crippen molar-refractivity contribution in [2.45, 2.75) is 58.0 Å². The quantitative estimate of drug-likeness (QED) is 0.288. The van der Waals surface area contributed by atoms with E-state index in [1.807, 2.05) is 0 Å². The van der Waals surface area contributed by atoms with Crippen LogP contribution in [0.25, 0.3) is 0 Å². The van der Waals surface area contributed by atoms with Crippen LogP contribution in [0.1, 0.15) is 46.0 Å². The topological polar surface area (TPSA) is 70.6 Å². The summed E-state index contributed by atoms with van der Waals surface area (Å²) in [7, 11) is 0. The van der Waals surface area contributed by atoms with Gasteiger partial charge < -0.3 is 16.3 Å². The predicted molar refractivity (Wildman–Crippen MR) is 62.0 cm³/mol. The molecule has 15 heavy (non-hydrogen) atoms. The fraction of sp³-hybridized carbons (Fsp3) is 0.909. The number of amidine groups is 1. The molecule has 0 bridgehead atoms. The number of hydrogen-bond acceptors (Lipinski definition) is 3. The average Bonchev–Trinajstić information content (AvgIpc) is 2.21. The summed E-state index contributed by atoms with van der Waals surface area (Å²) in [6, 6.07) is 0.881. The minimum atomic E-state index is 0.284. The molecule has 1 aliphatic rings. The first-order valence-corrected chi connectivity index (χ1v) is 5.86. The maximum Gasteiger partial charge on any atom is 0.140 e. The summed E-state index contributed by atoms with van der Waals surface area (Å²) in [4.78, 5) is 0. The molecule has 4 nitrogen and oxygen atoms in total. The lowest BCUT2D eigenvalue weighted by molar-refractivity contribution is 0.262. The van der Waals surface area contributed by atoms with Crippen molar-refractivity contribution in [3.05, 3.63) is 0 Å². The van der Waals surface area contributed by atoms with Crippen LogP contribution in [0.15, 0.2) is 5.16 Å². The van der Waals surface area contributed by atoms with Gasteiger partial charge in [-0.25, -0.2) is 0 Å². The number of oxime groups is 1. The number of hydrogen-bond donors (Lipinski definition) is 3. The second-order valence-electron chi connectivity index (χ2n) is 4.73. The zero-order chi connectivity index (χ0) is 11.3. The van der Waals surface area contributed by atoms with E-state index < -0.39 is 0 Å². The van der Waals surface area contributed by atoms with Crippen molar-refractivity contribution in [3.63, 3.8) is 0 Å². The molecule has 0 saturated heterocycles.